The first-order valence-corrected chi connectivity index (χ1v) is 6.85. The van der Waals surface area contributed by atoms with Crippen molar-refractivity contribution in [1.29, 1.82) is 0 Å². The fraction of sp³-hybridized carbons (Fsp3) is 0.467. The third-order valence-electron chi connectivity index (χ3n) is 3.48. The summed E-state index contributed by atoms with van der Waals surface area (Å²) in [5, 5.41) is 11.9. The molecular formula is C15H19NO5. The van der Waals surface area contributed by atoms with Crippen LogP contribution in [0.3, 0.4) is 0 Å². The maximum absolute atomic E-state index is 11.8. The molecule has 1 unspecified atom stereocenters. The molecule has 0 aliphatic carbocycles. The number of nitrogens with one attached hydrogen (secondary N) is 1. The molecule has 1 amide bonds. The largest absolute Gasteiger partial charge is 0.496 e. The summed E-state index contributed by atoms with van der Waals surface area (Å²) in [7, 11) is 1.42. The van der Waals surface area contributed by atoms with Gasteiger partial charge < -0.3 is 19.9 Å². The number of carbonyl (C=O) groups is 2. The van der Waals surface area contributed by atoms with Gasteiger partial charge in [-0.05, 0) is 30.0 Å². The summed E-state index contributed by atoms with van der Waals surface area (Å²) in [6.07, 6.45) is 1.36. The third-order valence-corrected chi connectivity index (χ3v) is 3.48. The maximum atomic E-state index is 11.8. The highest BCUT2D eigenvalue weighted by molar-refractivity contribution is 5.91. The number of carboxylic acid groups (broad SMARTS) is 1. The van der Waals surface area contributed by atoms with Gasteiger partial charge in [-0.15, -0.1) is 0 Å². The van der Waals surface area contributed by atoms with Crippen LogP contribution in [0.25, 0.3) is 0 Å². The van der Waals surface area contributed by atoms with Crippen LogP contribution >= 0.6 is 0 Å². The number of amides is 1. The van der Waals surface area contributed by atoms with Gasteiger partial charge in [-0.25, -0.2) is 4.79 Å². The van der Waals surface area contributed by atoms with Crippen LogP contribution in [0.1, 0.15) is 28.8 Å². The summed E-state index contributed by atoms with van der Waals surface area (Å²) >= 11 is 0. The minimum atomic E-state index is -1.05. The molecule has 6 nitrogen and oxygen atoms in total. The van der Waals surface area contributed by atoms with Crippen molar-refractivity contribution in [2.75, 3.05) is 20.3 Å². The van der Waals surface area contributed by atoms with Crippen molar-refractivity contribution in [1.82, 2.24) is 5.32 Å². The van der Waals surface area contributed by atoms with Gasteiger partial charge in [-0.2, -0.15) is 0 Å². The van der Waals surface area contributed by atoms with Gasteiger partial charge in [0.05, 0.1) is 7.11 Å². The highest BCUT2D eigenvalue weighted by Crippen LogP contribution is 2.20. The fourth-order valence-electron chi connectivity index (χ4n) is 2.31. The van der Waals surface area contributed by atoms with Gasteiger partial charge in [-0.3, -0.25) is 4.79 Å². The minimum Gasteiger partial charge on any atom is -0.496 e. The van der Waals surface area contributed by atoms with Crippen molar-refractivity contribution in [3.63, 3.8) is 0 Å². The number of methoxy groups -OCH3 is 1. The lowest BCUT2D eigenvalue weighted by molar-refractivity contribution is -0.122. The Balaban J connectivity index is 1.91. The Hall–Kier alpha value is -2.08. The lowest BCUT2D eigenvalue weighted by Gasteiger charge is -2.10. The van der Waals surface area contributed by atoms with Crippen molar-refractivity contribution in [3.8, 4) is 5.75 Å². The first-order valence-electron chi connectivity index (χ1n) is 6.85. The Labute approximate surface area is 123 Å². The van der Waals surface area contributed by atoms with Crippen LogP contribution in [0.4, 0.5) is 0 Å². The van der Waals surface area contributed by atoms with E-state index in [1.165, 1.54) is 13.2 Å². The Kier molecular flexibility index (Phi) is 5.16. The zero-order valence-electron chi connectivity index (χ0n) is 11.9. The van der Waals surface area contributed by atoms with Crippen LogP contribution in [0.2, 0.25) is 0 Å². The van der Waals surface area contributed by atoms with Crippen molar-refractivity contribution in [2.45, 2.75) is 19.4 Å². The summed E-state index contributed by atoms with van der Waals surface area (Å²) in [6.45, 7) is 1.66. The number of rotatable bonds is 6. The standard InChI is InChI=1S/C15H19NO5/c1-20-13-3-2-10(6-12(13)15(18)19)8-16-14(17)7-11-4-5-21-9-11/h2-3,6,11H,4-5,7-9H2,1H3,(H,16,17)(H,18,19). The second-order valence-electron chi connectivity index (χ2n) is 5.05. The number of hydrogen-bond donors (Lipinski definition) is 2. The molecule has 2 N–H and O–H groups in total. The molecule has 0 aromatic heterocycles. The molecule has 114 valence electrons. The van der Waals surface area contributed by atoms with E-state index in [4.69, 9.17) is 14.6 Å². The Morgan fingerprint density at radius 3 is 2.90 bits per heavy atom. The number of ether oxygens (including phenoxy) is 2. The molecule has 0 bridgehead atoms. The molecule has 0 saturated carbocycles. The van der Waals surface area contributed by atoms with Crippen molar-refractivity contribution < 1.29 is 24.2 Å². The van der Waals surface area contributed by atoms with Gasteiger partial charge in [0.25, 0.3) is 0 Å². The van der Waals surface area contributed by atoms with Crippen LogP contribution in [-0.4, -0.2) is 37.3 Å². The normalized spacial score (nSPS) is 17.5. The molecule has 21 heavy (non-hydrogen) atoms. The SMILES string of the molecule is COc1ccc(CNC(=O)CC2CCOC2)cc1C(=O)O. The molecule has 0 spiro atoms. The number of hydrogen-bond acceptors (Lipinski definition) is 4. The van der Waals surface area contributed by atoms with Gasteiger partial charge in [0, 0.05) is 26.2 Å². The van der Waals surface area contributed by atoms with E-state index in [9.17, 15) is 9.59 Å². The van der Waals surface area contributed by atoms with Gasteiger partial charge in [0.1, 0.15) is 11.3 Å². The lowest BCUT2D eigenvalue weighted by atomic mass is 10.0. The Bertz CT molecular complexity index is 523. The molecule has 0 radical (unpaired) electrons. The molecule has 1 aromatic carbocycles. The minimum absolute atomic E-state index is 0.0433. The lowest BCUT2D eigenvalue weighted by Crippen LogP contribution is -2.25. The molecule has 6 heteroatoms. The monoisotopic (exact) mass is 293 g/mol. The summed E-state index contributed by atoms with van der Waals surface area (Å²) < 4.78 is 10.2. The zero-order valence-corrected chi connectivity index (χ0v) is 11.9. The van der Waals surface area contributed by atoms with E-state index in [0.29, 0.717) is 25.3 Å². The Morgan fingerprint density at radius 1 is 1.48 bits per heavy atom. The van der Waals surface area contributed by atoms with Crippen LogP contribution < -0.4 is 10.1 Å². The van der Waals surface area contributed by atoms with Gasteiger partial charge in [0.2, 0.25) is 5.91 Å². The molecule has 1 aromatic rings. The van der Waals surface area contributed by atoms with Crippen molar-refractivity contribution in [3.05, 3.63) is 29.3 Å². The van der Waals surface area contributed by atoms with Crippen LogP contribution in [-0.2, 0) is 16.1 Å². The molecule has 1 saturated heterocycles. The first-order chi connectivity index (χ1) is 10.1. The van der Waals surface area contributed by atoms with E-state index in [1.807, 2.05) is 0 Å². The molecule has 1 aliphatic rings. The second kappa shape index (κ2) is 7.08. The molecular weight excluding hydrogens is 274 g/mol. The predicted octanol–water partition coefficient (Wildman–Crippen LogP) is 1.44. The zero-order chi connectivity index (χ0) is 15.2. The predicted molar refractivity (Wildman–Crippen MR) is 75.3 cm³/mol. The van der Waals surface area contributed by atoms with Gasteiger partial charge in [0.15, 0.2) is 0 Å². The maximum Gasteiger partial charge on any atom is 0.339 e. The third kappa shape index (κ3) is 4.19. The summed E-state index contributed by atoms with van der Waals surface area (Å²) in [5.41, 5.74) is 0.817. The number of carboxylic acids is 1. The highest BCUT2D eigenvalue weighted by atomic mass is 16.5. The van der Waals surface area contributed by atoms with E-state index < -0.39 is 5.97 Å². The average molecular weight is 293 g/mol. The molecule has 1 heterocycles. The smallest absolute Gasteiger partial charge is 0.339 e. The van der Waals surface area contributed by atoms with Gasteiger partial charge >= 0.3 is 5.97 Å². The number of benzene rings is 1. The number of aromatic carboxylic acids is 1. The van der Waals surface area contributed by atoms with Crippen LogP contribution in [0, 0.1) is 5.92 Å². The molecule has 1 atom stereocenters. The van der Waals surface area contributed by atoms with Crippen molar-refractivity contribution >= 4 is 11.9 Å². The highest BCUT2D eigenvalue weighted by Gasteiger charge is 2.19. The first kappa shape index (κ1) is 15.3. The van der Waals surface area contributed by atoms with Crippen LogP contribution in [0.5, 0.6) is 5.75 Å². The quantitative estimate of drug-likeness (QED) is 0.829. The molecule has 1 aliphatic heterocycles. The van der Waals surface area contributed by atoms with Gasteiger partial charge in [-0.1, -0.05) is 6.07 Å². The van der Waals surface area contributed by atoms with E-state index >= 15 is 0 Å². The summed E-state index contributed by atoms with van der Waals surface area (Å²) in [5.74, 6) is -0.502. The van der Waals surface area contributed by atoms with Crippen molar-refractivity contribution in [2.24, 2.45) is 5.92 Å². The Morgan fingerprint density at radius 2 is 2.29 bits per heavy atom. The van der Waals surface area contributed by atoms with Crippen LogP contribution in [0.15, 0.2) is 18.2 Å². The van der Waals surface area contributed by atoms with E-state index in [2.05, 4.69) is 5.32 Å². The summed E-state index contributed by atoms with van der Waals surface area (Å²) in [6, 6.07) is 4.85. The second-order valence-corrected chi connectivity index (χ2v) is 5.05. The van der Waals surface area contributed by atoms with E-state index in [1.54, 1.807) is 12.1 Å². The molecule has 2 rings (SSSR count). The van der Waals surface area contributed by atoms with E-state index in [-0.39, 0.29) is 17.4 Å². The fourth-order valence-corrected chi connectivity index (χ4v) is 2.31. The summed E-state index contributed by atoms with van der Waals surface area (Å²) in [4.78, 5) is 22.9. The molecule has 1 fully saturated rings. The topological polar surface area (TPSA) is 84.9 Å². The average Bonchev–Trinajstić information content (AvgIpc) is 2.97. The number of carbonyl (C=O) groups excluding carboxylic acids is 1. The van der Waals surface area contributed by atoms with E-state index in [0.717, 1.165) is 18.6 Å².